The molecule has 3 aromatic rings. The van der Waals surface area contributed by atoms with Gasteiger partial charge in [0.1, 0.15) is 0 Å². The Bertz CT molecular complexity index is 975. The summed E-state index contributed by atoms with van der Waals surface area (Å²) in [5.74, 6) is -1.19. The Morgan fingerprint density at radius 1 is 1.15 bits per heavy atom. The molecule has 0 bridgehead atoms. The number of carbonyl (C=O) groups is 2. The lowest BCUT2D eigenvalue weighted by atomic mass is 10.2. The third-order valence-corrected chi connectivity index (χ3v) is 4.20. The number of ether oxygens (including phenoxy) is 1. The van der Waals surface area contributed by atoms with Gasteiger partial charge in [0.15, 0.2) is 11.8 Å². The average Bonchev–Trinajstić information content (AvgIpc) is 3.12. The second-order valence-electron chi connectivity index (χ2n) is 5.48. The molecule has 3 rings (SSSR count). The number of nitrogens with zero attached hydrogens (tertiary/aromatic N) is 3. The third kappa shape index (κ3) is 5.06. The first-order chi connectivity index (χ1) is 13.0. The number of anilines is 1. The summed E-state index contributed by atoms with van der Waals surface area (Å²) in [7, 11) is 0. The van der Waals surface area contributed by atoms with Crippen LogP contribution in [0.3, 0.4) is 0 Å². The fraction of sp³-hybridized carbons (Fsp3) is 0.111. The van der Waals surface area contributed by atoms with Crippen molar-refractivity contribution in [2.45, 2.75) is 6.54 Å². The monoisotopic (exact) mass is 404 g/mol. The molecule has 0 unspecified atom stereocenters. The molecule has 0 aliphatic carbocycles. The Kier molecular flexibility index (Phi) is 6.05. The minimum absolute atomic E-state index is 0.151. The van der Waals surface area contributed by atoms with Crippen LogP contribution >= 0.6 is 23.2 Å². The van der Waals surface area contributed by atoms with Gasteiger partial charge in [0.2, 0.25) is 0 Å². The summed E-state index contributed by atoms with van der Waals surface area (Å²) in [5.41, 5.74) is 1.44. The van der Waals surface area contributed by atoms with Crippen molar-refractivity contribution in [3.63, 3.8) is 0 Å². The van der Waals surface area contributed by atoms with Gasteiger partial charge >= 0.3 is 5.97 Å². The number of rotatable bonds is 6. The highest BCUT2D eigenvalue weighted by molar-refractivity contribution is 6.32. The smallest absolute Gasteiger partial charge is 0.341 e. The number of carbonyl (C=O) groups excluding carboxylic acids is 2. The first-order valence-electron chi connectivity index (χ1n) is 7.86. The van der Waals surface area contributed by atoms with Crippen LogP contribution in [0.25, 0.3) is 0 Å². The fourth-order valence-corrected chi connectivity index (χ4v) is 2.60. The molecule has 138 valence electrons. The van der Waals surface area contributed by atoms with Gasteiger partial charge < -0.3 is 10.1 Å². The third-order valence-electron chi connectivity index (χ3n) is 3.53. The van der Waals surface area contributed by atoms with Crippen molar-refractivity contribution >= 4 is 40.8 Å². The van der Waals surface area contributed by atoms with E-state index in [0.29, 0.717) is 17.3 Å². The van der Waals surface area contributed by atoms with Gasteiger partial charge in [-0.3, -0.25) is 9.48 Å². The molecule has 0 saturated carbocycles. The van der Waals surface area contributed by atoms with E-state index in [2.05, 4.69) is 15.4 Å². The van der Waals surface area contributed by atoms with Crippen molar-refractivity contribution < 1.29 is 14.3 Å². The Balaban J connectivity index is 1.54. The number of halogens is 2. The van der Waals surface area contributed by atoms with Crippen LogP contribution in [0.15, 0.2) is 55.0 Å². The number of amides is 1. The lowest BCUT2D eigenvalue weighted by molar-refractivity contribution is -0.119. The molecule has 0 radical (unpaired) electrons. The van der Waals surface area contributed by atoms with Gasteiger partial charge in [-0.25, -0.2) is 9.78 Å². The molecule has 0 aliphatic rings. The highest BCUT2D eigenvalue weighted by Crippen LogP contribution is 2.17. The molecule has 0 fully saturated rings. The van der Waals surface area contributed by atoms with Crippen LogP contribution in [-0.4, -0.2) is 33.2 Å². The second kappa shape index (κ2) is 8.66. The van der Waals surface area contributed by atoms with Gasteiger partial charge in [-0.2, -0.15) is 5.10 Å². The molecule has 1 amide bonds. The molecular weight excluding hydrogens is 391 g/mol. The summed E-state index contributed by atoms with van der Waals surface area (Å²) < 4.78 is 6.56. The summed E-state index contributed by atoms with van der Waals surface area (Å²) in [5, 5.41) is 7.39. The molecule has 0 spiro atoms. The van der Waals surface area contributed by atoms with E-state index in [4.69, 9.17) is 27.9 Å². The van der Waals surface area contributed by atoms with Crippen molar-refractivity contribution in [3.8, 4) is 0 Å². The molecule has 2 aromatic heterocycles. The predicted octanol–water partition coefficient (Wildman–Crippen LogP) is 3.43. The molecule has 0 aliphatic heterocycles. The van der Waals surface area contributed by atoms with Gasteiger partial charge in [-0.05, 0) is 23.8 Å². The van der Waals surface area contributed by atoms with E-state index in [9.17, 15) is 9.59 Å². The maximum atomic E-state index is 12.1. The highest BCUT2D eigenvalue weighted by Gasteiger charge is 2.14. The summed E-state index contributed by atoms with van der Waals surface area (Å²) in [4.78, 5) is 27.8. The van der Waals surface area contributed by atoms with Gasteiger partial charge in [0, 0.05) is 17.4 Å². The van der Waals surface area contributed by atoms with E-state index in [1.54, 1.807) is 22.9 Å². The van der Waals surface area contributed by atoms with Crippen molar-refractivity contribution in [2.75, 3.05) is 11.9 Å². The Morgan fingerprint density at radius 2 is 1.96 bits per heavy atom. The maximum Gasteiger partial charge on any atom is 0.341 e. The van der Waals surface area contributed by atoms with Crippen molar-refractivity contribution in [1.29, 1.82) is 0 Å². The Labute approximate surface area is 164 Å². The predicted molar refractivity (Wildman–Crippen MR) is 101 cm³/mol. The average molecular weight is 405 g/mol. The number of benzene rings is 1. The summed E-state index contributed by atoms with van der Waals surface area (Å²) in [6, 6.07) is 10.6. The lowest BCUT2D eigenvalue weighted by Crippen LogP contribution is -2.21. The zero-order valence-corrected chi connectivity index (χ0v) is 15.4. The number of aromatic nitrogens is 3. The van der Waals surface area contributed by atoms with E-state index >= 15 is 0 Å². The first kappa shape index (κ1) is 18.9. The zero-order valence-electron chi connectivity index (χ0n) is 13.9. The second-order valence-corrected chi connectivity index (χ2v) is 6.25. The first-order valence-corrected chi connectivity index (χ1v) is 8.62. The number of nitrogens with one attached hydrogen (secondary N) is 1. The van der Waals surface area contributed by atoms with Crippen molar-refractivity contribution in [1.82, 2.24) is 14.8 Å². The van der Waals surface area contributed by atoms with Crippen LogP contribution in [0.5, 0.6) is 0 Å². The van der Waals surface area contributed by atoms with E-state index in [-0.39, 0.29) is 10.7 Å². The molecular formula is C18H14Cl2N4O3. The number of pyridine rings is 1. The number of hydrogen-bond acceptors (Lipinski definition) is 5. The minimum Gasteiger partial charge on any atom is -0.452 e. The van der Waals surface area contributed by atoms with Gasteiger partial charge in [0.05, 0.1) is 24.0 Å². The molecule has 1 N–H and O–H groups in total. The Morgan fingerprint density at radius 3 is 2.74 bits per heavy atom. The lowest BCUT2D eigenvalue weighted by Gasteiger charge is -2.06. The molecule has 0 saturated heterocycles. The zero-order chi connectivity index (χ0) is 19.2. The Hall–Kier alpha value is -2.90. The van der Waals surface area contributed by atoms with Crippen LogP contribution in [-0.2, 0) is 16.1 Å². The van der Waals surface area contributed by atoms with Crippen molar-refractivity contribution in [3.05, 3.63) is 76.3 Å². The van der Waals surface area contributed by atoms with Gasteiger partial charge in [0.25, 0.3) is 5.91 Å². The quantitative estimate of drug-likeness (QED) is 0.502. The van der Waals surface area contributed by atoms with E-state index < -0.39 is 18.5 Å². The fourth-order valence-electron chi connectivity index (χ4n) is 2.24. The normalized spacial score (nSPS) is 10.4. The molecule has 0 atom stereocenters. The van der Waals surface area contributed by atoms with Crippen LogP contribution in [0.2, 0.25) is 10.2 Å². The molecule has 9 heteroatoms. The van der Waals surface area contributed by atoms with E-state index in [0.717, 1.165) is 5.56 Å². The summed E-state index contributed by atoms with van der Waals surface area (Å²) in [6.07, 6.45) is 4.40. The highest BCUT2D eigenvalue weighted by atomic mass is 35.5. The van der Waals surface area contributed by atoms with Crippen LogP contribution in [0, 0.1) is 0 Å². The largest absolute Gasteiger partial charge is 0.452 e. The maximum absolute atomic E-state index is 12.1. The minimum atomic E-state index is -0.659. The van der Waals surface area contributed by atoms with Gasteiger partial charge in [-0.15, -0.1) is 0 Å². The molecule has 1 aromatic carbocycles. The van der Waals surface area contributed by atoms with Crippen molar-refractivity contribution in [2.24, 2.45) is 0 Å². The van der Waals surface area contributed by atoms with Crippen LogP contribution < -0.4 is 5.32 Å². The van der Waals surface area contributed by atoms with Crippen LogP contribution in [0.4, 0.5) is 5.69 Å². The topological polar surface area (TPSA) is 86.1 Å². The van der Waals surface area contributed by atoms with E-state index in [1.165, 1.54) is 18.6 Å². The molecule has 27 heavy (non-hydrogen) atoms. The summed E-state index contributed by atoms with van der Waals surface area (Å²) >= 11 is 12.0. The number of esters is 1. The SMILES string of the molecule is O=C(COC(=O)c1cnn(Cc2ccccc2Cl)c1)Nc1cccnc1Cl. The van der Waals surface area contributed by atoms with Gasteiger partial charge in [-0.1, -0.05) is 41.4 Å². The standard InChI is InChI=1S/C18H14Cl2N4O3/c19-14-5-2-1-4-12(14)9-24-10-13(8-22-24)18(26)27-11-16(25)23-15-6-3-7-21-17(15)20/h1-8,10H,9,11H2,(H,23,25). The number of hydrogen-bond donors (Lipinski definition) is 1. The molecule has 2 heterocycles. The summed E-state index contributed by atoms with van der Waals surface area (Å²) in [6.45, 7) is -0.0489. The van der Waals surface area contributed by atoms with Crippen LogP contribution in [0.1, 0.15) is 15.9 Å². The van der Waals surface area contributed by atoms with E-state index in [1.807, 2.05) is 18.2 Å². The molecule has 7 nitrogen and oxygen atoms in total.